The fraction of sp³-hybridized carbons (Fsp3) is 0.263. The van der Waals surface area contributed by atoms with Gasteiger partial charge in [-0.3, -0.25) is 0 Å². The van der Waals surface area contributed by atoms with Crippen molar-refractivity contribution < 1.29 is 0 Å². The summed E-state index contributed by atoms with van der Waals surface area (Å²) in [6, 6.07) is 13.3. The second-order valence-corrected chi connectivity index (χ2v) is 5.48. The zero-order valence-electron chi connectivity index (χ0n) is 12.0. The van der Waals surface area contributed by atoms with Crippen LogP contribution < -0.4 is 0 Å². The fourth-order valence-corrected chi connectivity index (χ4v) is 3.12. The molecule has 0 aromatic heterocycles. The molecule has 0 saturated heterocycles. The third-order valence-corrected chi connectivity index (χ3v) is 4.17. The first-order chi connectivity index (χ1) is 9.20. The molecule has 1 aliphatic rings. The predicted octanol–water partition coefficient (Wildman–Crippen LogP) is 5.32. The Labute approximate surface area is 115 Å². The van der Waals surface area contributed by atoms with Gasteiger partial charge in [-0.25, -0.2) is 0 Å². The summed E-state index contributed by atoms with van der Waals surface area (Å²) >= 11 is 0. The lowest BCUT2D eigenvalue weighted by Gasteiger charge is -2.13. The number of fused-ring (bicyclic) bond motifs is 1. The maximum absolute atomic E-state index is 2.40. The van der Waals surface area contributed by atoms with Gasteiger partial charge >= 0.3 is 0 Å². The smallest absolute Gasteiger partial charge is 0.00577 e. The van der Waals surface area contributed by atoms with Crippen LogP contribution in [0.4, 0.5) is 0 Å². The Morgan fingerprint density at radius 2 is 1.63 bits per heavy atom. The monoisotopic (exact) mass is 248 g/mol. The Morgan fingerprint density at radius 3 is 2.32 bits per heavy atom. The third kappa shape index (κ3) is 2.02. The highest BCUT2D eigenvalue weighted by molar-refractivity contribution is 5.83. The molecule has 0 aliphatic heterocycles. The number of rotatable bonds is 2. The maximum atomic E-state index is 2.40. The second kappa shape index (κ2) is 4.70. The summed E-state index contributed by atoms with van der Waals surface area (Å²) in [6.45, 7) is 6.67. The Hall–Kier alpha value is -1.82. The molecule has 0 radical (unpaired) electrons. The van der Waals surface area contributed by atoms with E-state index in [1.165, 1.54) is 33.4 Å². The molecule has 0 N–H and O–H groups in total. The Morgan fingerprint density at radius 1 is 0.947 bits per heavy atom. The van der Waals surface area contributed by atoms with E-state index >= 15 is 0 Å². The Balaban J connectivity index is 2.23. The van der Waals surface area contributed by atoms with Crippen LogP contribution in [0.1, 0.15) is 35.6 Å². The van der Waals surface area contributed by atoms with Crippen molar-refractivity contribution in [2.45, 2.75) is 33.6 Å². The molecule has 0 nitrogen and oxygen atoms in total. The molecular formula is C19H20. The molecule has 1 aliphatic carbocycles. The summed E-state index contributed by atoms with van der Waals surface area (Å²) in [4.78, 5) is 0. The van der Waals surface area contributed by atoms with E-state index in [2.05, 4.69) is 63.2 Å². The zero-order valence-corrected chi connectivity index (χ0v) is 12.0. The average Bonchev–Trinajstić information content (AvgIpc) is 2.82. The Kier molecular flexibility index (Phi) is 3.02. The van der Waals surface area contributed by atoms with Crippen molar-refractivity contribution in [2.75, 3.05) is 0 Å². The number of hydrogen-bond acceptors (Lipinski definition) is 0. The molecule has 0 saturated carbocycles. The van der Waals surface area contributed by atoms with Crippen molar-refractivity contribution >= 4 is 6.08 Å². The van der Waals surface area contributed by atoms with Gasteiger partial charge in [0.25, 0.3) is 0 Å². The molecule has 0 fully saturated rings. The van der Waals surface area contributed by atoms with E-state index in [4.69, 9.17) is 0 Å². The normalized spacial score (nSPS) is 13.3. The van der Waals surface area contributed by atoms with E-state index in [9.17, 15) is 0 Å². The quantitative estimate of drug-likeness (QED) is 0.674. The second-order valence-electron chi connectivity index (χ2n) is 5.48. The van der Waals surface area contributed by atoms with Gasteiger partial charge in [0.2, 0.25) is 0 Å². The van der Waals surface area contributed by atoms with Crippen molar-refractivity contribution in [3.8, 4) is 11.1 Å². The van der Waals surface area contributed by atoms with Gasteiger partial charge in [0.05, 0.1) is 0 Å². The van der Waals surface area contributed by atoms with Crippen LogP contribution in [0.5, 0.6) is 0 Å². The van der Waals surface area contributed by atoms with E-state index in [1.54, 1.807) is 5.57 Å². The first-order valence-corrected chi connectivity index (χ1v) is 7.08. The molecule has 0 unspecified atom stereocenters. The highest BCUT2D eigenvalue weighted by atomic mass is 14.2. The lowest BCUT2D eigenvalue weighted by molar-refractivity contribution is 1.04. The van der Waals surface area contributed by atoms with E-state index in [0.717, 1.165) is 12.8 Å². The van der Waals surface area contributed by atoms with Crippen LogP contribution in [0.25, 0.3) is 17.2 Å². The molecule has 0 spiro atoms. The van der Waals surface area contributed by atoms with Crippen LogP contribution in [0, 0.1) is 13.8 Å². The lowest BCUT2D eigenvalue weighted by atomic mass is 9.91. The minimum Gasteiger partial charge on any atom is -0.0655 e. The van der Waals surface area contributed by atoms with Gasteiger partial charge < -0.3 is 0 Å². The highest BCUT2D eigenvalue weighted by Gasteiger charge is 2.17. The van der Waals surface area contributed by atoms with Crippen molar-refractivity contribution in [3.05, 3.63) is 64.2 Å². The predicted molar refractivity (Wildman–Crippen MR) is 83.3 cm³/mol. The van der Waals surface area contributed by atoms with E-state index in [1.807, 2.05) is 0 Å². The van der Waals surface area contributed by atoms with Crippen LogP contribution in [0.3, 0.4) is 0 Å². The van der Waals surface area contributed by atoms with E-state index in [0.29, 0.717) is 0 Å². The largest absolute Gasteiger partial charge is 0.0655 e. The number of hydrogen-bond donors (Lipinski definition) is 0. The van der Waals surface area contributed by atoms with Gasteiger partial charge in [0, 0.05) is 0 Å². The third-order valence-electron chi connectivity index (χ3n) is 4.17. The van der Waals surface area contributed by atoms with Gasteiger partial charge in [-0.05, 0) is 60.1 Å². The topological polar surface area (TPSA) is 0 Å². The van der Waals surface area contributed by atoms with Gasteiger partial charge in [-0.1, -0.05) is 55.0 Å². The van der Waals surface area contributed by atoms with Crippen LogP contribution in [0.15, 0.2) is 42.0 Å². The van der Waals surface area contributed by atoms with Gasteiger partial charge in [0.15, 0.2) is 0 Å². The molecule has 2 aromatic carbocycles. The van der Waals surface area contributed by atoms with Gasteiger partial charge in [-0.15, -0.1) is 0 Å². The van der Waals surface area contributed by atoms with Crippen molar-refractivity contribution in [2.24, 2.45) is 0 Å². The molecule has 2 aromatic rings. The summed E-state index contributed by atoms with van der Waals surface area (Å²) in [5.41, 5.74) is 10.0. The average molecular weight is 248 g/mol. The van der Waals surface area contributed by atoms with Crippen molar-refractivity contribution in [3.63, 3.8) is 0 Å². The van der Waals surface area contributed by atoms with Crippen LogP contribution in [-0.2, 0) is 6.42 Å². The van der Waals surface area contributed by atoms with E-state index < -0.39 is 0 Å². The lowest BCUT2D eigenvalue weighted by Crippen LogP contribution is -1.92. The SMILES string of the molecule is CCC1=Cc2c(cccc2-c2c(C)cccc2C)C1. The highest BCUT2D eigenvalue weighted by Crippen LogP contribution is 2.37. The van der Waals surface area contributed by atoms with Crippen LogP contribution in [-0.4, -0.2) is 0 Å². The summed E-state index contributed by atoms with van der Waals surface area (Å²) in [5.74, 6) is 0. The zero-order chi connectivity index (χ0) is 13.4. The van der Waals surface area contributed by atoms with Crippen molar-refractivity contribution in [1.82, 2.24) is 0 Å². The van der Waals surface area contributed by atoms with E-state index in [-0.39, 0.29) is 0 Å². The number of aryl methyl sites for hydroxylation is 2. The maximum Gasteiger partial charge on any atom is -0.00577 e. The minimum absolute atomic E-state index is 1.13. The minimum atomic E-state index is 1.13. The summed E-state index contributed by atoms with van der Waals surface area (Å²) in [6.07, 6.45) is 4.68. The molecule has 19 heavy (non-hydrogen) atoms. The summed E-state index contributed by atoms with van der Waals surface area (Å²) < 4.78 is 0. The fourth-order valence-electron chi connectivity index (χ4n) is 3.12. The van der Waals surface area contributed by atoms with Crippen LogP contribution in [0.2, 0.25) is 0 Å². The van der Waals surface area contributed by atoms with Crippen LogP contribution >= 0.6 is 0 Å². The first kappa shape index (κ1) is 12.2. The molecule has 0 heteroatoms. The molecule has 0 bridgehead atoms. The first-order valence-electron chi connectivity index (χ1n) is 7.08. The molecule has 3 rings (SSSR count). The number of allylic oxidation sites excluding steroid dienone is 1. The molecular weight excluding hydrogens is 228 g/mol. The van der Waals surface area contributed by atoms with Crippen molar-refractivity contribution in [1.29, 1.82) is 0 Å². The Bertz CT molecular complexity index is 639. The molecule has 0 amide bonds. The number of benzene rings is 2. The standard InChI is InChI=1S/C19H20/c1-4-15-11-16-9-6-10-17(18(16)12-15)19-13(2)7-5-8-14(19)3/h5-10,12H,4,11H2,1-3H3. The van der Waals surface area contributed by atoms with Gasteiger partial charge in [0.1, 0.15) is 0 Å². The molecule has 0 atom stereocenters. The van der Waals surface area contributed by atoms with Gasteiger partial charge in [-0.2, -0.15) is 0 Å². The summed E-state index contributed by atoms with van der Waals surface area (Å²) in [5, 5.41) is 0. The molecule has 96 valence electrons. The summed E-state index contributed by atoms with van der Waals surface area (Å²) in [7, 11) is 0. The molecule has 0 heterocycles.